The fraction of sp³-hybridized carbons (Fsp3) is 0.667. The summed E-state index contributed by atoms with van der Waals surface area (Å²) in [6.07, 6.45) is 2.95. The quantitative estimate of drug-likeness (QED) is 0.700. The number of aromatic nitrogens is 2. The van der Waals surface area contributed by atoms with Gasteiger partial charge in [-0.2, -0.15) is 0 Å². The highest BCUT2D eigenvalue weighted by molar-refractivity contribution is 7.05. The van der Waals surface area contributed by atoms with Crippen molar-refractivity contribution >= 4 is 29.0 Å². The Hall–Kier alpha value is -0.680. The van der Waals surface area contributed by atoms with Crippen molar-refractivity contribution in [1.29, 1.82) is 0 Å². The van der Waals surface area contributed by atoms with Gasteiger partial charge in [0.2, 0.25) is 5.91 Å². The van der Waals surface area contributed by atoms with Crippen LogP contribution in [0.15, 0.2) is 0 Å². The van der Waals surface area contributed by atoms with Gasteiger partial charge >= 0.3 is 0 Å². The van der Waals surface area contributed by atoms with E-state index in [0.717, 1.165) is 25.0 Å². The van der Waals surface area contributed by atoms with Crippen LogP contribution >= 0.6 is 23.1 Å². The monoisotopic (exact) mass is 243 g/mol. The molecule has 2 aliphatic heterocycles. The number of amides is 1. The second-order valence-corrected chi connectivity index (χ2v) is 5.02. The third-order valence-corrected chi connectivity index (χ3v) is 4.32. The number of fused-ring (bicyclic) bond motifs is 4. The lowest BCUT2D eigenvalue weighted by molar-refractivity contribution is -0.131. The molecule has 0 aliphatic carbocycles. The van der Waals surface area contributed by atoms with Gasteiger partial charge in [-0.25, -0.2) is 0 Å². The summed E-state index contributed by atoms with van der Waals surface area (Å²) < 4.78 is 3.96. The fourth-order valence-corrected chi connectivity index (χ4v) is 3.57. The summed E-state index contributed by atoms with van der Waals surface area (Å²) in [5.74, 6) is 0.123. The summed E-state index contributed by atoms with van der Waals surface area (Å²) in [7, 11) is 0. The van der Waals surface area contributed by atoms with Gasteiger partial charge in [0.1, 0.15) is 5.88 Å². The maximum absolute atomic E-state index is 11.7. The molecule has 80 valence electrons. The molecule has 2 bridgehead atoms. The number of hydrogen-bond acceptors (Lipinski definition) is 4. The van der Waals surface area contributed by atoms with Crippen molar-refractivity contribution in [2.75, 3.05) is 5.88 Å². The zero-order chi connectivity index (χ0) is 10.4. The van der Waals surface area contributed by atoms with Crippen LogP contribution in [0.3, 0.4) is 0 Å². The van der Waals surface area contributed by atoms with Gasteiger partial charge in [-0.1, -0.05) is 4.49 Å². The summed E-state index contributed by atoms with van der Waals surface area (Å²) in [6.45, 7) is 0. The highest BCUT2D eigenvalue weighted by Gasteiger charge is 2.43. The Morgan fingerprint density at radius 1 is 1.60 bits per heavy atom. The molecule has 1 aromatic heterocycles. The van der Waals surface area contributed by atoms with E-state index in [2.05, 4.69) is 9.59 Å². The predicted octanol–water partition coefficient (Wildman–Crippen LogP) is 1.37. The highest BCUT2D eigenvalue weighted by atomic mass is 35.5. The van der Waals surface area contributed by atoms with E-state index in [9.17, 15) is 4.79 Å². The summed E-state index contributed by atoms with van der Waals surface area (Å²) in [5.41, 5.74) is 1.09. The zero-order valence-corrected chi connectivity index (χ0v) is 9.59. The van der Waals surface area contributed by atoms with Gasteiger partial charge in [-0.3, -0.25) is 4.79 Å². The van der Waals surface area contributed by atoms with Crippen LogP contribution in [0.5, 0.6) is 0 Å². The van der Waals surface area contributed by atoms with Gasteiger partial charge in [0, 0.05) is 12.5 Å². The van der Waals surface area contributed by atoms with E-state index < -0.39 is 0 Å². The standard InChI is InChI=1S/C9H10ClN3OS/c10-4-8(14)13-5-1-2-7(13)9-6(3-5)11-12-15-9/h5,7H,1-4H2/t5-,7-/m1/s1. The first-order valence-corrected chi connectivity index (χ1v) is 6.30. The number of halogens is 1. The summed E-state index contributed by atoms with van der Waals surface area (Å²) in [6, 6.07) is 0.502. The maximum atomic E-state index is 11.7. The molecule has 3 rings (SSSR count). The Morgan fingerprint density at radius 3 is 3.27 bits per heavy atom. The second kappa shape index (κ2) is 3.42. The van der Waals surface area contributed by atoms with E-state index >= 15 is 0 Å². The van der Waals surface area contributed by atoms with Crippen LogP contribution in [0.4, 0.5) is 0 Å². The molecule has 1 saturated heterocycles. The van der Waals surface area contributed by atoms with Crippen molar-refractivity contribution in [3.63, 3.8) is 0 Å². The van der Waals surface area contributed by atoms with Crippen LogP contribution in [0.1, 0.15) is 29.5 Å². The predicted molar refractivity (Wildman–Crippen MR) is 56.9 cm³/mol. The average Bonchev–Trinajstić information content (AvgIpc) is 2.83. The second-order valence-electron chi connectivity index (χ2n) is 3.97. The molecule has 0 unspecified atom stereocenters. The molecule has 1 fully saturated rings. The smallest absolute Gasteiger partial charge is 0.238 e. The molecule has 0 radical (unpaired) electrons. The van der Waals surface area contributed by atoms with E-state index in [0.29, 0.717) is 6.04 Å². The maximum Gasteiger partial charge on any atom is 0.238 e. The van der Waals surface area contributed by atoms with E-state index in [1.54, 1.807) is 0 Å². The Balaban J connectivity index is 2.00. The van der Waals surface area contributed by atoms with Crippen LogP contribution < -0.4 is 0 Å². The van der Waals surface area contributed by atoms with E-state index in [-0.39, 0.29) is 17.8 Å². The number of alkyl halides is 1. The van der Waals surface area contributed by atoms with Gasteiger partial charge in [0.05, 0.1) is 16.6 Å². The average molecular weight is 244 g/mol. The molecule has 0 aromatic carbocycles. The number of carbonyl (C=O) groups is 1. The van der Waals surface area contributed by atoms with Crippen molar-refractivity contribution in [2.24, 2.45) is 0 Å². The number of rotatable bonds is 1. The van der Waals surface area contributed by atoms with E-state index in [1.165, 1.54) is 16.4 Å². The molecular formula is C9H10ClN3OS. The molecule has 1 amide bonds. The van der Waals surface area contributed by atoms with Crippen molar-refractivity contribution < 1.29 is 4.79 Å². The van der Waals surface area contributed by atoms with Gasteiger partial charge in [-0.15, -0.1) is 16.7 Å². The van der Waals surface area contributed by atoms with Crippen molar-refractivity contribution in [3.8, 4) is 0 Å². The van der Waals surface area contributed by atoms with Crippen LogP contribution in [-0.2, 0) is 11.2 Å². The third-order valence-electron chi connectivity index (χ3n) is 3.22. The minimum absolute atomic E-state index is 0.0446. The molecule has 2 aliphatic rings. The summed E-state index contributed by atoms with van der Waals surface area (Å²) in [4.78, 5) is 14.8. The lowest BCUT2D eigenvalue weighted by atomic mass is 10.1. The minimum atomic E-state index is 0.0446. The Labute approximate surface area is 96.4 Å². The van der Waals surface area contributed by atoms with Gasteiger partial charge in [0.25, 0.3) is 0 Å². The largest absolute Gasteiger partial charge is 0.330 e. The molecule has 3 heterocycles. The van der Waals surface area contributed by atoms with Gasteiger partial charge in [-0.05, 0) is 24.4 Å². The van der Waals surface area contributed by atoms with Gasteiger partial charge < -0.3 is 4.90 Å². The minimum Gasteiger partial charge on any atom is -0.330 e. The lowest BCUT2D eigenvalue weighted by Gasteiger charge is -2.33. The molecule has 4 nitrogen and oxygen atoms in total. The molecule has 6 heteroatoms. The number of hydrogen-bond donors (Lipinski definition) is 0. The zero-order valence-electron chi connectivity index (χ0n) is 8.02. The molecular weight excluding hydrogens is 234 g/mol. The molecule has 0 spiro atoms. The van der Waals surface area contributed by atoms with Crippen molar-refractivity contribution in [2.45, 2.75) is 31.3 Å². The topological polar surface area (TPSA) is 46.1 Å². The summed E-state index contributed by atoms with van der Waals surface area (Å²) >= 11 is 7.04. The normalized spacial score (nSPS) is 27.9. The molecule has 1 aromatic rings. The first-order chi connectivity index (χ1) is 7.31. The molecule has 0 N–H and O–H groups in total. The fourth-order valence-electron chi connectivity index (χ4n) is 2.62. The van der Waals surface area contributed by atoms with Crippen molar-refractivity contribution in [3.05, 3.63) is 10.6 Å². The lowest BCUT2D eigenvalue weighted by Crippen LogP contribution is -2.42. The van der Waals surface area contributed by atoms with E-state index in [1.807, 2.05) is 4.90 Å². The number of nitrogens with zero attached hydrogens (tertiary/aromatic N) is 3. The Morgan fingerprint density at radius 2 is 2.47 bits per heavy atom. The van der Waals surface area contributed by atoms with Crippen LogP contribution in [0.2, 0.25) is 0 Å². The Kier molecular flexibility index (Phi) is 2.17. The SMILES string of the molecule is O=C(CCl)N1[C@@H]2CC[C@@H]1c1snnc1C2. The summed E-state index contributed by atoms with van der Waals surface area (Å²) in [5, 5.41) is 4.11. The molecule has 15 heavy (non-hydrogen) atoms. The first kappa shape index (κ1) is 9.54. The first-order valence-electron chi connectivity index (χ1n) is 4.99. The number of carbonyl (C=O) groups excluding carboxylic acids is 1. The van der Waals surface area contributed by atoms with E-state index in [4.69, 9.17) is 11.6 Å². The third kappa shape index (κ3) is 1.29. The van der Waals surface area contributed by atoms with Gasteiger partial charge in [0.15, 0.2) is 0 Å². The molecule has 2 atom stereocenters. The molecule has 0 saturated carbocycles. The Bertz CT molecular complexity index is 408. The highest BCUT2D eigenvalue weighted by Crippen LogP contribution is 2.44. The van der Waals surface area contributed by atoms with Crippen LogP contribution in [0.25, 0.3) is 0 Å². The van der Waals surface area contributed by atoms with Crippen LogP contribution in [0, 0.1) is 0 Å². The van der Waals surface area contributed by atoms with Crippen molar-refractivity contribution in [1.82, 2.24) is 14.5 Å². The van der Waals surface area contributed by atoms with Crippen LogP contribution in [-0.4, -0.2) is 32.3 Å².